The SMILES string of the molecule is CC1([C@@H]2CN(S(=O)(=O)C(F)(F)F)Cc3cc(C(F)(F)F)ccc3N2Cc2cnc[nH]2)CC1. The number of rotatable bonds is 4. The highest BCUT2D eigenvalue weighted by atomic mass is 32.2. The maximum Gasteiger partial charge on any atom is 0.511 e. The number of sulfonamides is 1. The zero-order chi connectivity index (χ0) is 23.5. The number of hydrogen-bond acceptors (Lipinski definition) is 4. The van der Waals surface area contributed by atoms with Crippen LogP contribution in [0.3, 0.4) is 0 Å². The Balaban J connectivity index is 1.88. The van der Waals surface area contributed by atoms with Gasteiger partial charge in [-0.1, -0.05) is 6.92 Å². The third kappa shape index (κ3) is 4.07. The van der Waals surface area contributed by atoms with Crippen molar-refractivity contribution in [3.63, 3.8) is 0 Å². The van der Waals surface area contributed by atoms with E-state index in [4.69, 9.17) is 0 Å². The number of imidazole rings is 1. The molecule has 2 aliphatic rings. The summed E-state index contributed by atoms with van der Waals surface area (Å²) in [6.45, 7) is 0.652. The van der Waals surface area contributed by atoms with Crippen molar-refractivity contribution in [3.8, 4) is 0 Å². The van der Waals surface area contributed by atoms with E-state index in [1.54, 1.807) is 4.90 Å². The summed E-state index contributed by atoms with van der Waals surface area (Å²) < 4.78 is 105. The Hall–Kier alpha value is -2.28. The van der Waals surface area contributed by atoms with Crippen molar-refractivity contribution in [1.29, 1.82) is 0 Å². The molecule has 0 radical (unpaired) electrons. The molecule has 1 N–H and O–H groups in total. The average Bonchev–Trinajstić information content (AvgIpc) is 3.25. The van der Waals surface area contributed by atoms with Crippen LogP contribution in [0.2, 0.25) is 0 Å². The first-order chi connectivity index (χ1) is 14.7. The van der Waals surface area contributed by atoms with Gasteiger partial charge in [0.2, 0.25) is 0 Å². The predicted molar refractivity (Wildman–Crippen MR) is 103 cm³/mol. The molecular weight excluding hydrogens is 462 g/mol. The van der Waals surface area contributed by atoms with Crippen molar-refractivity contribution < 1.29 is 34.8 Å². The Morgan fingerprint density at radius 2 is 1.88 bits per heavy atom. The molecule has 2 aromatic rings. The minimum Gasteiger partial charge on any atom is -0.361 e. The van der Waals surface area contributed by atoms with E-state index in [0.717, 1.165) is 12.1 Å². The second-order valence-electron chi connectivity index (χ2n) is 8.46. The molecule has 2 heterocycles. The maximum absolute atomic E-state index is 13.4. The van der Waals surface area contributed by atoms with E-state index in [0.29, 0.717) is 18.5 Å². The van der Waals surface area contributed by atoms with Gasteiger partial charge in [0.25, 0.3) is 0 Å². The molecule has 13 heteroatoms. The highest BCUT2D eigenvalue weighted by Crippen LogP contribution is 2.53. The van der Waals surface area contributed by atoms with E-state index >= 15 is 0 Å². The summed E-state index contributed by atoms with van der Waals surface area (Å²) in [6.07, 6.45) is -0.495. The number of nitrogens with one attached hydrogen (secondary N) is 1. The Labute approximate surface area is 180 Å². The minimum absolute atomic E-state index is 0.124. The molecule has 0 unspecified atom stereocenters. The number of nitrogens with zero attached hydrogens (tertiary/aromatic N) is 3. The average molecular weight is 482 g/mol. The smallest absolute Gasteiger partial charge is 0.361 e. The molecule has 176 valence electrons. The van der Waals surface area contributed by atoms with E-state index in [9.17, 15) is 34.8 Å². The lowest BCUT2D eigenvalue weighted by Gasteiger charge is -2.38. The Kier molecular flexibility index (Phi) is 5.27. The van der Waals surface area contributed by atoms with Crippen LogP contribution >= 0.6 is 0 Å². The van der Waals surface area contributed by atoms with Gasteiger partial charge in [-0.15, -0.1) is 0 Å². The van der Waals surface area contributed by atoms with Crippen molar-refractivity contribution in [3.05, 3.63) is 47.5 Å². The molecule has 6 nitrogen and oxygen atoms in total. The fourth-order valence-corrected chi connectivity index (χ4v) is 5.03. The van der Waals surface area contributed by atoms with E-state index < -0.39 is 51.8 Å². The molecule has 1 aliphatic carbocycles. The second kappa shape index (κ2) is 7.37. The van der Waals surface area contributed by atoms with Crippen molar-refractivity contribution in [2.45, 2.75) is 50.6 Å². The lowest BCUT2D eigenvalue weighted by molar-refractivity contribution is -0.137. The minimum atomic E-state index is -5.76. The van der Waals surface area contributed by atoms with Gasteiger partial charge in [0, 0.05) is 31.0 Å². The van der Waals surface area contributed by atoms with Crippen LogP contribution in [0.15, 0.2) is 30.7 Å². The summed E-state index contributed by atoms with van der Waals surface area (Å²) >= 11 is 0. The molecule has 1 aromatic heterocycles. The normalized spacial score (nSPS) is 21.8. The summed E-state index contributed by atoms with van der Waals surface area (Å²) in [5, 5.41) is 0. The van der Waals surface area contributed by atoms with E-state index in [1.807, 2.05) is 6.92 Å². The van der Waals surface area contributed by atoms with Crippen molar-refractivity contribution in [2.24, 2.45) is 5.41 Å². The highest BCUT2D eigenvalue weighted by molar-refractivity contribution is 7.89. The first-order valence-electron chi connectivity index (χ1n) is 9.73. The topological polar surface area (TPSA) is 69.3 Å². The second-order valence-corrected chi connectivity index (χ2v) is 10.4. The monoisotopic (exact) mass is 482 g/mol. The standard InChI is InChI=1S/C19H20F6N4O2S/c1-17(4-5-17)16-10-28(32(30,31)19(23,24)25)8-12-6-13(18(20,21)22)2-3-15(12)29(16)9-14-7-26-11-27-14/h2-3,6-7,11,16H,4-5,8-10H2,1H3,(H,26,27)/t16-/m0/s1. The van der Waals surface area contributed by atoms with Gasteiger partial charge in [0.1, 0.15) is 0 Å². The molecule has 4 rings (SSSR count). The zero-order valence-corrected chi connectivity index (χ0v) is 17.7. The molecule has 0 bridgehead atoms. The third-order valence-corrected chi connectivity index (χ3v) is 7.73. The van der Waals surface area contributed by atoms with Gasteiger partial charge in [-0.3, -0.25) is 0 Å². The third-order valence-electron chi connectivity index (χ3n) is 6.19. The fourth-order valence-electron chi connectivity index (χ4n) is 4.09. The van der Waals surface area contributed by atoms with Gasteiger partial charge >= 0.3 is 21.7 Å². The lowest BCUT2D eigenvalue weighted by atomic mass is 9.96. The van der Waals surface area contributed by atoms with E-state index in [-0.39, 0.29) is 22.1 Å². The van der Waals surface area contributed by atoms with Crippen LogP contribution in [0.4, 0.5) is 32.0 Å². The number of H-pyrrole nitrogens is 1. The Morgan fingerprint density at radius 1 is 1.19 bits per heavy atom. The Morgan fingerprint density at radius 3 is 2.41 bits per heavy atom. The van der Waals surface area contributed by atoms with Crippen LogP contribution in [0, 0.1) is 5.41 Å². The van der Waals surface area contributed by atoms with Gasteiger partial charge in [-0.25, -0.2) is 13.4 Å². The predicted octanol–water partition coefficient (Wildman–Crippen LogP) is 4.27. The van der Waals surface area contributed by atoms with Crippen molar-refractivity contribution >= 4 is 15.7 Å². The number of benzene rings is 1. The summed E-state index contributed by atoms with van der Waals surface area (Å²) in [7, 11) is -5.76. The molecule has 1 aliphatic heterocycles. The number of alkyl halides is 6. The quantitative estimate of drug-likeness (QED) is 0.661. The number of aromatic amines is 1. The molecule has 0 spiro atoms. The molecule has 1 atom stereocenters. The molecule has 1 aromatic carbocycles. The molecular formula is C19H20F6N4O2S. The first-order valence-corrected chi connectivity index (χ1v) is 11.2. The number of halogens is 6. The molecule has 1 fully saturated rings. The molecule has 0 amide bonds. The summed E-state index contributed by atoms with van der Waals surface area (Å²) in [4.78, 5) is 8.50. The van der Waals surface area contributed by atoms with Gasteiger partial charge < -0.3 is 9.88 Å². The van der Waals surface area contributed by atoms with Gasteiger partial charge in [0.15, 0.2) is 0 Å². The van der Waals surface area contributed by atoms with Gasteiger partial charge in [0.05, 0.1) is 24.1 Å². The summed E-state index contributed by atoms with van der Waals surface area (Å²) in [5.74, 6) is 0. The summed E-state index contributed by atoms with van der Waals surface area (Å²) in [5.41, 5.74) is -6.38. The van der Waals surface area contributed by atoms with Crippen molar-refractivity contribution in [1.82, 2.24) is 14.3 Å². The largest absolute Gasteiger partial charge is 0.511 e. The van der Waals surface area contributed by atoms with Crippen LogP contribution < -0.4 is 4.90 Å². The molecule has 1 saturated carbocycles. The first kappa shape index (κ1) is 22.9. The zero-order valence-electron chi connectivity index (χ0n) is 16.8. The number of aromatic nitrogens is 2. The lowest BCUT2D eigenvalue weighted by Crippen LogP contribution is -2.50. The molecule has 0 saturated heterocycles. The fraction of sp³-hybridized carbons (Fsp3) is 0.526. The maximum atomic E-state index is 13.4. The van der Waals surface area contributed by atoms with Crippen LogP contribution in [-0.2, 0) is 29.3 Å². The van der Waals surface area contributed by atoms with Crippen LogP contribution in [-0.4, -0.2) is 40.8 Å². The number of anilines is 1. The van der Waals surface area contributed by atoms with E-state index in [2.05, 4.69) is 9.97 Å². The van der Waals surface area contributed by atoms with Crippen molar-refractivity contribution in [2.75, 3.05) is 11.4 Å². The van der Waals surface area contributed by atoms with Gasteiger partial charge in [-0.2, -0.15) is 30.6 Å². The number of fused-ring (bicyclic) bond motifs is 1. The van der Waals surface area contributed by atoms with Gasteiger partial charge in [-0.05, 0) is 42.0 Å². The number of hydrogen-bond donors (Lipinski definition) is 1. The Bertz CT molecular complexity index is 1090. The van der Waals surface area contributed by atoms with Crippen LogP contribution in [0.1, 0.15) is 36.6 Å². The summed E-state index contributed by atoms with van der Waals surface area (Å²) in [6, 6.07) is 2.11. The molecule has 32 heavy (non-hydrogen) atoms. The highest BCUT2D eigenvalue weighted by Gasteiger charge is 2.55. The van der Waals surface area contributed by atoms with Crippen LogP contribution in [0.25, 0.3) is 0 Å². The van der Waals surface area contributed by atoms with Crippen LogP contribution in [0.5, 0.6) is 0 Å². The van der Waals surface area contributed by atoms with E-state index in [1.165, 1.54) is 18.6 Å².